The van der Waals surface area contributed by atoms with E-state index in [1.165, 1.54) is 18.5 Å². The van der Waals surface area contributed by atoms with E-state index in [1.54, 1.807) is 24.3 Å². The van der Waals surface area contributed by atoms with Gasteiger partial charge in [0.25, 0.3) is 12.3 Å². The summed E-state index contributed by atoms with van der Waals surface area (Å²) in [4.78, 5) is 24.3. The Morgan fingerprint density at radius 2 is 1.87 bits per heavy atom. The molecule has 1 atom stereocenters. The summed E-state index contributed by atoms with van der Waals surface area (Å²) in [5.74, 6) is -0.918. The van der Waals surface area contributed by atoms with Gasteiger partial charge in [-0.25, -0.2) is 18.7 Å². The Hall–Kier alpha value is -4.20. The molecule has 0 fully saturated rings. The third kappa shape index (κ3) is 5.20. The van der Waals surface area contributed by atoms with Crippen LogP contribution in [0.4, 0.5) is 30.5 Å². The number of hydrogen-bond donors (Lipinski definition) is 2. The van der Waals surface area contributed by atoms with Gasteiger partial charge in [0.1, 0.15) is 17.1 Å². The number of halogens is 3. The van der Waals surface area contributed by atoms with Gasteiger partial charge in [-0.3, -0.25) is 9.78 Å². The number of carbonyl (C=O) groups is 1. The average molecular weight is 414 g/mol. The first-order valence-corrected chi connectivity index (χ1v) is 8.41. The topological polar surface area (TPSA) is 113 Å². The van der Waals surface area contributed by atoms with Crippen molar-refractivity contribution in [1.29, 1.82) is 5.26 Å². The Morgan fingerprint density at radius 1 is 1.10 bits per heavy atom. The molecule has 3 aromatic rings. The van der Waals surface area contributed by atoms with E-state index < -0.39 is 18.7 Å². The predicted molar refractivity (Wildman–Crippen MR) is 100 cm³/mol. The van der Waals surface area contributed by atoms with Crippen LogP contribution in [0.25, 0.3) is 0 Å². The molecule has 8 nitrogen and oxygen atoms in total. The van der Waals surface area contributed by atoms with Gasteiger partial charge in [0, 0.05) is 24.1 Å². The number of benzene rings is 1. The fraction of sp³-hybridized carbons (Fsp3) is 0.105. The van der Waals surface area contributed by atoms with E-state index in [4.69, 9.17) is 5.26 Å². The van der Waals surface area contributed by atoms with Crippen molar-refractivity contribution in [3.8, 4) is 11.8 Å². The molecule has 2 N–H and O–H groups in total. The number of rotatable bonds is 7. The smallest absolute Gasteiger partial charge is 0.304 e. The Balaban J connectivity index is 1.73. The lowest BCUT2D eigenvalue weighted by Gasteiger charge is -2.14. The number of nitriles is 1. The largest absolute Gasteiger partial charge is 0.452 e. The summed E-state index contributed by atoms with van der Waals surface area (Å²) in [6.45, 7) is 0. The van der Waals surface area contributed by atoms with Crippen LogP contribution < -0.4 is 15.4 Å². The third-order valence-electron chi connectivity index (χ3n) is 3.63. The number of alkyl halides is 3. The summed E-state index contributed by atoms with van der Waals surface area (Å²) in [6.07, 6.45) is -2.54. The number of nitrogens with zero attached hydrogens (tertiary/aromatic N) is 4. The van der Waals surface area contributed by atoms with Gasteiger partial charge in [-0.15, -0.1) is 0 Å². The first-order chi connectivity index (χ1) is 14.5. The van der Waals surface area contributed by atoms with Gasteiger partial charge < -0.3 is 15.4 Å². The van der Waals surface area contributed by atoms with Crippen molar-refractivity contribution < 1.29 is 22.7 Å². The van der Waals surface area contributed by atoms with E-state index in [0.29, 0.717) is 11.3 Å². The number of aromatic nitrogens is 3. The minimum atomic E-state index is -3.35. The van der Waals surface area contributed by atoms with E-state index in [-0.39, 0.29) is 23.1 Å². The number of amides is 1. The second kappa shape index (κ2) is 9.33. The van der Waals surface area contributed by atoms with Crippen LogP contribution in [0.3, 0.4) is 0 Å². The van der Waals surface area contributed by atoms with Crippen LogP contribution in [0.5, 0.6) is 5.75 Å². The number of ether oxygens (including phenoxy) is 1. The molecular formula is C19H13F3N6O2. The Labute approximate surface area is 168 Å². The highest BCUT2D eigenvalue weighted by atomic mass is 19.3. The maximum atomic E-state index is 13.2. The molecule has 2 heterocycles. The summed E-state index contributed by atoms with van der Waals surface area (Å²) in [5.41, 5.74) is 0.912. The number of pyridine rings is 1. The first-order valence-electron chi connectivity index (χ1n) is 8.41. The van der Waals surface area contributed by atoms with Crippen LogP contribution in [-0.2, 0) is 0 Å². The standard InChI is InChI=1S/C19H13F3N6O2/c20-16(21)17(22)30-15-6-7-24-10-14(15)27-18(29)13-5-8-25-19(28-13)26-12-3-1-11(9-23)2-4-12/h1-8,10,16-17H,(H,27,29)(H,25,26,28). The second-order valence-corrected chi connectivity index (χ2v) is 5.71. The average Bonchev–Trinajstić information content (AvgIpc) is 2.75. The van der Waals surface area contributed by atoms with Crippen LogP contribution in [0.15, 0.2) is 55.0 Å². The molecule has 0 radical (unpaired) electrons. The van der Waals surface area contributed by atoms with Gasteiger partial charge in [0.15, 0.2) is 0 Å². The zero-order chi connectivity index (χ0) is 21.5. The van der Waals surface area contributed by atoms with Gasteiger partial charge in [0.05, 0.1) is 17.8 Å². The molecule has 2 aromatic heterocycles. The molecule has 152 valence electrons. The maximum Gasteiger partial charge on any atom is 0.304 e. The summed E-state index contributed by atoms with van der Waals surface area (Å²) in [6, 6.07) is 10.9. The number of carbonyl (C=O) groups excluding carboxylic acids is 1. The molecule has 0 aliphatic carbocycles. The van der Waals surface area contributed by atoms with Crippen molar-refractivity contribution >= 4 is 23.2 Å². The molecule has 0 saturated carbocycles. The normalized spacial score (nSPS) is 11.4. The van der Waals surface area contributed by atoms with Crippen molar-refractivity contribution in [2.75, 3.05) is 10.6 Å². The quantitative estimate of drug-likeness (QED) is 0.606. The van der Waals surface area contributed by atoms with Crippen molar-refractivity contribution in [3.63, 3.8) is 0 Å². The first kappa shape index (κ1) is 20.5. The molecule has 3 rings (SSSR count). The Morgan fingerprint density at radius 3 is 2.57 bits per heavy atom. The molecule has 0 aliphatic heterocycles. The zero-order valence-corrected chi connectivity index (χ0v) is 15.1. The number of anilines is 3. The van der Waals surface area contributed by atoms with Crippen LogP contribution in [0, 0.1) is 11.3 Å². The lowest BCUT2D eigenvalue weighted by molar-refractivity contribution is -0.0665. The van der Waals surface area contributed by atoms with E-state index in [0.717, 1.165) is 12.3 Å². The molecule has 0 spiro atoms. The molecule has 1 aromatic carbocycles. The highest BCUT2D eigenvalue weighted by molar-refractivity contribution is 6.03. The number of nitrogens with one attached hydrogen (secondary N) is 2. The van der Waals surface area contributed by atoms with Crippen LogP contribution in [-0.4, -0.2) is 33.6 Å². The van der Waals surface area contributed by atoms with Gasteiger partial charge in [-0.05, 0) is 30.3 Å². The van der Waals surface area contributed by atoms with Crippen LogP contribution >= 0.6 is 0 Å². The Bertz CT molecular complexity index is 1070. The summed E-state index contributed by atoms with van der Waals surface area (Å²) in [5, 5.41) is 14.1. The number of hydrogen-bond acceptors (Lipinski definition) is 7. The SMILES string of the molecule is N#Cc1ccc(Nc2nccc(C(=O)Nc3cnccc3OC(F)C(F)F)n2)cc1. The molecule has 1 amide bonds. The third-order valence-corrected chi connectivity index (χ3v) is 3.63. The molecule has 0 bridgehead atoms. The molecule has 0 saturated heterocycles. The zero-order valence-electron chi connectivity index (χ0n) is 15.1. The molecule has 1 unspecified atom stereocenters. The van der Waals surface area contributed by atoms with Crippen molar-refractivity contribution in [1.82, 2.24) is 15.0 Å². The highest BCUT2D eigenvalue weighted by Gasteiger charge is 2.23. The van der Waals surface area contributed by atoms with E-state index in [9.17, 15) is 18.0 Å². The fourth-order valence-corrected chi connectivity index (χ4v) is 2.24. The predicted octanol–water partition coefficient (Wildman–Crippen LogP) is 3.68. The lowest BCUT2D eigenvalue weighted by Crippen LogP contribution is -2.21. The minimum Gasteiger partial charge on any atom is -0.452 e. The highest BCUT2D eigenvalue weighted by Crippen LogP contribution is 2.26. The van der Waals surface area contributed by atoms with E-state index in [1.807, 2.05) is 6.07 Å². The lowest BCUT2D eigenvalue weighted by atomic mass is 10.2. The molecule has 30 heavy (non-hydrogen) atoms. The Kier molecular flexibility index (Phi) is 6.39. The van der Waals surface area contributed by atoms with Gasteiger partial charge in [0.2, 0.25) is 5.95 Å². The minimum absolute atomic E-state index is 0.0541. The summed E-state index contributed by atoms with van der Waals surface area (Å²) >= 11 is 0. The van der Waals surface area contributed by atoms with Gasteiger partial charge in [-0.2, -0.15) is 9.65 Å². The second-order valence-electron chi connectivity index (χ2n) is 5.71. The van der Waals surface area contributed by atoms with E-state index >= 15 is 0 Å². The monoisotopic (exact) mass is 414 g/mol. The molecular weight excluding hydrogens is 401 g/mol. The van der Waals surface area contributed by atoms with Crippen molar-refractivity contribution in [2.45, 2.75) is 12.8 Å². The molecule has 0 aliphatic rings. The summed E-state index contributed by atoms with van der Waals surface area (Å²) < 4.78 is 42.5. The van der Waals surface area contributed by atoms with Gasteiger partial charge >= 0.3 is 6.43 Å². The van der Waals surface area contributed by atoms with E-state index in [2.05, 4.69) is 30.3 Å². The maximum absolute atomic E-state index is 13.2. The fourth-order valence-electron chi connectivity index (χ4n) is 2.24. The molecule has 11 heteroatoms. The summed E-state index contributed by atoms with van der Waals surface area (Å²) in [7, 11) is 0. The van der Waals surface area contributed by atoms with Gasteiger partial charge in [-0.1, -0.05) is 0 Å². The van der Waals surface area contributed by atoms with Crippen molar-refractivity contribution in [2.24, 2.45) is 0 Å². The van der Waals surface area contributed by atoms with Crippen molar-refractivity contribution in [3.05, 3.63) is 66.2 Å². The van der Waals surface area contributed by atoms with Crippen LogP contribution in [0.1, 0.15) is 16.1 Å². The van der Waals surface area contributed by atoms with Crippen LogP contribution in [0.2, 0.25) is 0 Å².